The van der Waals surface area contributed by atoms with Crippen molar-refractivity contribution in [1.82, 2.24) is 29.5 Å². The molecule has 2 aromatic heterocycles. The number of aromatic nitrogens is 4. The zero-order valence-electron chi connectivity index (χ0n) is 19.9. The Morgan fingerprint density at radius 2 is 2.06 bits per heavy atom. The van der Waals surface area contributed by atoms with Crippen molar-refractivity contribution in [3.8, 4) is 0 Å². The first-order valence-corrected chi connectivity index (χ1v) is 11.6. The van der Waals surface area contributed by atoms with E-state index in [0.29, 0.717) is 24.6 Å². The van der Waals surface area contributed by atoms with Gasteiger partial charge in [-0.3, -0.25) is 14.9 Å². The number of likely N-dealkylation sites (tertiary alicyclic amines) is 1. The summed E-state index contributed by atoms with van der Waals surface area (Å²) in [7, 11) is 3.95. The van der Waals surface area contributed by atoms with Crippen LogP contribution in [0.5, 0.6) is 0 Å². The van der Waals surface area contributed by atoms with E-state index in [1.54, 1.807) is 12.1 Å². The third kappa shape index (κ3) is 5.31. The van der Waals surface area contributed by atoms with Gasteiger partial charge in [0.05, 0.1) is 35.0 Å². The van der Waals surface area contributed by atoms with E-state index < -0.39 is 0 Å². The highest BCUT2D eigenvalue weighted by Gasteiger charge is 2.27. The van der Waals surface area contributed by atoms with E-state index in [4.69, 9.17) is 4.98 Å². The second-order valence-electron chi connectivity index (χ2n) is 8.93. The molecule has 0 spiro atoms. The lowest BCUT2D eigenvalue weighted by atomic mass is 10.1. The van der Waals surface area contributed by atoms with Crippen LogP contribution in [0, 0.1) is 6.92 Å². The van der Waals surface area contributed by atoms with Crippen molar-refractivity contribution >= 4 is 28.8 Å². The average molecular weight is 462 g/mol. The van der Waals surface area contributed by atoms with Gasteiger partial charge in [0.25, 0.3) is 5.91 Å². The number of aryl methyl sites for hydroxylation is 1. The van der Waals surface area contributed by atoms with Crippen molar-refractivity contribution in [2.24, 2.45) is 0 Å². The van der Waals surface area contributed by atoms with E-state index in [1.807, 2.05) is 55.1 Å². The van der Waals surface area contributed by atoms with Gasteiger partial charge in [-0.05, 0) is 58.0 Å². The Morgan fingerprint density at radius 3 is 2.82 bits per heavy atom. The first-order chi connectivity index (χ1) is 16.4. The van der Waals surface area contributed by atoms with Crippen LogP contribution in [0.1, 0.15) is 41.2 Å². The molecular weight excluding hydrogens is 430 g/mol. The summed E-state index contributed by atoms with van der Waals surface area (Å²) in [6.45, 7) is 4.04. The summed E-state index contributed by atoms with van der Waals surface area (Å²) in [4.78, 5) is 34.5. The number of hydrogen-bond acceptors (Lipinski definition) is 6. The molecular formula is C25H31N7O2. The molecule has 1 aliphatic rings. The third-order valence-corrected chi connectivity index (χ3v) is 6.04. The Morgan fingerprint density at radius 1 is 1.21 bits per heavy atom. The predicted molar refractivity (Wildman–Crippen MR) is 132 cm³/mol. The summed E-state index contributed by atoms with van der Waals surface area (Å²) >= 11 is 0. The zero-order chi connectivity index (χ0) is 24.1. The van der Waals surface area contributed by atoms with Gasteiger partial charge in [-0.15, -0.1) is 0 Å². The van der Waals surface area contributed by atoms with Gasteiger partial charge in [-0.25, -0.2) is 4.98 Å². The predicted octanol–water partition coefficient (Wildman–Crippen LogP) is 3.06. The Balaban J connectivity index is 1.67. The Kier molecular flexibility index (Phi) is 7.32. The number of carbonyl (C=O) groups excluding carboxylic acids is 2. The summed E-state index contributed by atoms with van der Waals surface area (Å²) < 4.78 is 2.10. The summed E-state index contributed by atoms with van der Waals surface area (Å²) in [6.07, 6.45) is 9.31. The molecule has 3 aromatic rings. The number of amides is 2. The first kappa shape index (κ1) is 23.6. The van der Waals surface area contributed by atoms with Gasteiger partial charge in [0.1, 0.15) is 0 Å². The number of para-hydroxylation sites is 1. The monoisotopic (exact) mass is 461 g/mol. The minimum atomic E-state index is -0.294. The highest BCUT2D eigenvalue weighted by molar-refractivity contribution is 6.04. The van der Waals surface area contributed by atoms with Crippen LogP contribution in [0.25, 0.3) is 11.0 Å². The van der Waals surface area contributed by atoms with Crippen LogP contribution in [0.4, 0.5) is 5.95 Å². The first-order valence-electron chi connectivity index (χ1n) is 11.6. The summed E-state index contributed by atoms with van der Waals surface area (Å²) in [6, 6.07) is 7.57. The number of benzene rings is 1. The summed E-state index contributed by atoms with van der Waals surface area (Å²) in [5.74, 6) is 0.203. The van der Waals surface area contributed by atoms with Gasteiger partial charge in [0.2, 0.25) is 11.9 Å². The van der Waals surface area contributed by atoms with Crippen molar-refractivity contribution in [3.05, 3.63) is 59.9 Å². The van der Waals surface area contributed by atoms with Crippen LogP contribution in [0.2, 0.25) is 0 Å². The molecule has 1 saturated heterocycles. The average Bonchev–Trinajstić information content (AvgIpc) is 3.01. The molecule has 0 radical (unpaired) electrons. The number of imidazole rings is 1. The van der Waals surface area contributed by atoms with Crippen molar-refractivity contribution in [1.29, 1.82) is 0 Å². The Labute approximate surface area is 199 Å². The number of fused-ring (bicyclic) bond motifs is 1. The maximum absolute atomic E-state index is 12.9. The van der Waals surface area contributed by atoms with E-state index in [2.05, 4.69) is 20.1 Å². The third-order valence-electron chi connectivity index (χ3n) is 6.04. The van der Waals surface area contributed by atoms with Crippen LogP contribution in [0.15, 0.2) is 48.8 Å². The van der Waals surface area contributed by atoms with E-state index in [-0.39, 0.29) is 17.9 Å². The molecule has 1 atom stereocenters. The smallest absolute Gasteiger partial charge is 0.259 e. The normalized spacial score (nSPS) is 16.8. The SMILES string of the molecule is Cc1cccc2nc(NC(=O)c3ccnnc3)n(C3CCCCN(C(=O)C=CCN(C)C)C3)c12. The fraction of sp³-hybridized carbons (Fsp3) is 0.400. The zero-order valence-corrected chi connectivity index (χ0v) is 19.9. The molecule has 0 bridgehead atoms. The van der Waals surface area contributed by atoms with E-state index in [1.165, 1.54) is 12.4 Å². The molecule has 178 valence electrons. The minimum absolute atomic E-state index is 0.00864. The lowest BCUT2D eigenvalue weighted by Crippen LogP contribution is -2.35. The Bertz CT molecular complexity index is 1190. The topological polar surface area (TPSA) is 96.3 Å². The lowest BCUT2D eigenvalue weighted by Gasteiger charge is -2.26. The quantitative estimate of drug-likeness (QED) is 0.567. The molecule has 9 heteroatoms. The fourth-order valence-electron chi connectivity index (χ4n) is 4.36. The van der Waals surface area contributed by atoms with Crippen LogP contribution in [-0.2, 0) is 4.79 Å². The molecule has 1 N–H and O–H groups in total. The van der Waals surface area contributed by atoms with E-state index >= 15 is 0 Å². The van der Waals surface area contributed by atoms with Gasteiger partial charge in [-0.1, -0.05) is 18.2 Å². The highest BCUT2D eigenvalue weighted by Crippen LogP contribution is 2.32. The lowest BCUT2D eigenvalue weighted by molar-refractivity contribution is -0.126. The molecule has 34 heavy (non-hydrogen) atoms. The fourth-order valence-corrected chi connectivity index (χ4v) is 4.36. The number of nitrogens with zero attached hydrogens (tertiary/aromatic N) is 6. The summed E-state index contributed by atoms with van der Waals surface area (Å²) in [5.41, 5.74) is 3.28. The highest BCUT2D eigenvalue weighted by atomic mass is 16.2. The number of anilines is 1. The number of likely N-dealkylation sites (N-methyl/N-ethyl adjacent to an activating group) is 1. The Hall–Kier alpha value is -3.59. The van der Waals surface area contributed by atoms with Crippen LogP contribution >= 0.6 is 0 Å². The maximum Gasteiger partial charge on any atom is 0.259 e. The number of rotatable bonds is 6. The molecule has 2 amide bonds. The van der Waals surface area contributed by atoms with Gasteiger partial charge in [-0.2, -0.15) is 10.2 Å². The van der Waals surface area contributed by atoms with Gasteiger partial charge >= 0.3 is 0 Å². The molecule has 4 rings (SSSR count). The van der Waals surface area contributed by atoms with Gasteiger partial charge < -0.3 is 14.4 Å². The number of hydrogen-bond donors (Lipinski definition) is 1. The van der Waals surface area contributed by atoms with Gasteiger partial charge in [0, 0.05) is 25.7 Å². The van der Waals surface area contributed by atoms with E-state index in [9.17, 15) is 9.59 Å². The largest absolute Gasteiger partial charge is 0.337 e. The molecule has 0 aliphatic carbocycles. The second kappa shape index (κ2) is 10.6. The molecule has 1 aliphatic heterocycles. The van der Waals surface area contributed by atoms with Crippen LogP contribution in [0.3, 0.4) is 0 Å². The maximum atomic E-state index is 12.9. The number of carbonyl (C=O) groups is 2. The van der Waals surface area contributed by atoms with Crippen molar-refractivity contribution in [3.63, 3.8) is 0 Å². The molecule has 1 unspecified atom stereocenters. The van der Waals surface area contributed by atoms with Crippen molar-refractivity contribution < 1.29 is 9.59 Å². The standard InChI is InChI=1S/C25H31N7O2/c1-18-8-6-10-21-23(18)32(25(28-21)29-24(34)19-12-13-26-27-16-19)20-9-4-5-15-31(17-20)22(33)11-7-14-30(2)3/h6-8,10-13,16,20H,4-5,9,14-15,17H2,1-3H3,(H,28,29,34). The molecule has 9 nitrogen and oxygen atoms in total. The minimum Gasteiger partial charge on any atom is -0.337 e. The summed E-state index contributed by atoms with van der Waals surface area (Å²) in [5, 5.41) is 10.5. The number of nitrogens with one attached hydrogen (secondary N) is 1. The molecule has 0 saturated carbocycles. The second-order valence-corrected chi connectivity index (χ2v) is 8.93. The van der Waals surface area contributed by atoms with Crippen LogP contribution in [-0.4, -0.2) is 75.1 Å². The molecule has 1 aromatic carbocycles. The van der Waals surface area contributed by atoms with Crippen LogP contribution < -0.4 is 5.32 Å². The van der Waals surface area contributed by atoms with E-state index in [0.717, 1.165) is 42.4 Å². The van der Waals surface area contributed by atoms with Crippen molar-refractivity contribution in [2.75, 3.05) is 39.0 Å². The molecule has 1 fully saturated rings. The van der Waals surface area contributed by atoms with Gasteiger partial charge in [0.15, 0.2) is 0 Å². The van der Waals surface area contributed by atoms with Crippen molar-refractivity contribution in [2.45, 2.75) is 32.2 Å². The molecule has 3 heterocycles.